The summed E-state index contributed by atoms with van der Waals surface area (Å²) in [7, 11) is 0. The van der Waals surface area contributed by atoms with E-state index in [-0.39, 0.29) is 17.3 Å². The molecule has 1 amide bonds. The third kappa shape index (κ3) is 4.01. The summed E-state index contributed by atoms with van der Waals surface area (Å²) in [6, 6.07) is -0.309. The zero-order valence-electron chi connectivity index (χ0n) is 8.35. The second-order valence-corrected chi connectivity index (χ2v) is 4.41. The van der Waals surface area contributed by atoms with Crippen LogP contribution in [-0.2, 0) is 4.79 Å². The smallest absolute Gasteiger partial charge is 0.330 e. The summed E-state index contributed by atoms with van der Waals surface area (Å²) in [6.45, 7) is 0.541. The van der Waals surface area contributed by atoms with Crippen LogP contribution >= 0.6 is 15.9 Å². The van der Waals surface area contributed by atoms with Gasteiger partial charge in [-0.25, -0.2) is 0 Å². The summed E-state index contributed by atoms with van der Waals surface area (Å²) in [6.07, 6.45) is -2.48. The normalized spacial score (nSPS) is 18.7. The van der Waals surface area contributed by atoms with Gasteiger partial charge in [-0.2, -0.15) is 13.2 Å². The average Bonchev–Trinajstić information content (AvgIpc) is 2.93. The van der Waals surface area contributed by atoms with Gasteiger partial charge >= 0.3 is 6.18 Å². The molecule has 1 saturated carbocycles. The third-order valence-electron chi connectivity index (χ3n) is 2.58. The van der Waals surface area contributed by atoms with E-state index in [4.69, 9.17) is 0 Å². The molecule has 1 atom stereocenters. The Bertz CT molecular complexity index is 240. The van der Waals surface area contributed by atoms with Gasteiger partial charge < -0.3 is 4.90 Å². The lowest BCUT2D eigenvalue weighted by Gasteiger charge is -2.29. The zero-order chi connectivity index (χ0) is 11.6. The Labute approximate surface area is 94.9 Å². The van der Waals surface area contributed by atoms with Crippen LogP contribution in [0.4, 0.5) is 13.2 Å². The van der Waals surface area contributed by atoms with Crippen LogP contribution in [0.5, 0.6) is 0 Å². The predicted molar refractivity (Wildman–Crippen MR) is 53.7 cm³/mol. The third-order valence-corrected chi connectivity index (χ3v) is 3.06. The second kappa shape index (κ2) is 4.72. The Morgan fingerprint density at radius 1 is 1.53 bits per heavy atom. The Balaban J connectivity index is 2.63. The Kier molecular flexibility index (Phi) is 4.03. The fourth-order valence-electron chi connectivity index (χ4n) is 1.56. The van der Waals surface area contributed by atoms with E-state index in [1.54, 1.807) is 6.92 Å². The molecule has 6 heteroatoms. The number of hydrogen-bond donors (Lipinski definition) is 0. The quantitative estimate of drug-likeness (QED) is 0.728. The largest absolute Gasteiger partial charge is 0.406 e. The number of rotatable bonds is 4. The van der Waals surface area contributed by atoms with Crippen LogP contribution < -0.4 is 0 Å². The molecule has 0 aromatic rings. The molecule has 0 aromatic carbocycles. The lowest BCUT2D eigenvalue weighted by Crippen LogP contribution is -2.46. The predicted octanol–water partition coefficient (Wildman–Crippen LogP) is 2.57. The van der Waals surface area contributed by atoms with E-state index in [0.717, 1.165) is 17.7 Å². The first-order valence-corrected chi connectivity index (χ1v) is 5.89. The van der Waals surface area contributed by atoms with Crippen LogP contribution in [0.1, 0.15) is 19.8 Å². The minimum absolute atomic E-state index is 0.0554. The highest BCUT2D eigenvalue weighted by molar-refractivity contribution is 9.09. The molecule has 0 N–H and O–H groups in total. The van der Waals surface area contributed by atoms with Gasteiger partial charge in [0.15, 0.2) is 0 Å². The standard InChI is InChI=1S/C9H13BrF3NO/c1-6(7-2-3-7)14(8(15)4-10)5-9(11,12)13/h6-7H,2-5H2,1H3. The van der Waals surface area contributed by atoms with E-state index in [2.05, 4.69) is 15.9 Å². The first-order valence-electron chi connectivity index (χ1n) is 4.77. The number of amides is 1. The zero-order valence-corrected chi connectivity index (χ0v) is 9.94. The lowest BCUT2D eigenvalue weighted by atomic mass is 10.2. The van der Waals surface area contributed by atoms with E-state index in [1.165, 1.54) is 0 Å². The van der Waals surface area contributed by atoms with Crippen molar-refractivity contribution in [3.8, 4) is 0 Å². The molecule has 1 fully saturated rings. The summed E-state index contributed by atoms with van der Waals surface area (Å²) in [4.78, 5) is 12.3. The van der Waals surface area contributed by atoms with Gasteiger partial charge in [-0.3, -0.25) is 4.79 Å². The van der Waals surface area contributed by atoms with Crippen LogP contribution in [0.15, 0.2) is 0 Å². The topological polar surface area (TPSA) is 20.3 Å². The number of halogens is 4. The molecular weight excluding hydrogens is 275 g/mol. The Hall–Kier alpha value is -0.260. The van der Waals surface area contributed by atoms with Crippen LogP contribution in [0.3, 0.4) is 0 Å². The van der Waals surface area contributed by atoms with Gasteiger partial charge in [0.2, 0.25) is 5.91 Å². The summed E-state index contributed by atoms with van der Waals surface area (Å²) < 4.78 is 36.7. The maximum absolute atomic E-state index is 12.2. The van der Waals surface area contributed by atoms with Crippen LogP contribution in [0.2, 0.25) is 0 Å². The first-order chi connectivity index (χ1) is 6.85. The molecule has 0 bridgehead atoms. The Morgan fingerprint density at radius 3 is 2.40 bits per heavy atom. The SMILES string of the molecule is CC(C1CC1)N(CC(F)(F)F)C(=O)CBr. The van der Waals surface area contributed by atoms with E-state index in [0.29, 0.717) is 0 Å². The fourth-order valence-corrected chi connectivity index (χ4v) is 1.88. The van der Waals surface area contributed by atoms with Crippen molar-refractivity contribution in [1.29, 1.82) is 0 Å². The fraction of sp³-hybridized carbons (Fsp3) is 0.889. The molecular formula is C9H13BrF3NO. The summed E-state index contributed by atoms with van der Waals surface area (Å²) in [5.74, 6) is -0.248. The lowest BCUT2D eigenvalue weighted by molar-refractivity contribution is -0.164. The molecule has 2 nitrogen and oxygen atoms in total. The van der Waals surface area contributed by atoms with E-state index >= 15 is 0 Å². The molecule has 1 unspecified atom stereocenters. The highest BCUT2D eigenvalue weighted by atomic mass is 79.9. The minimum Gasteiger partial charge on any atom is -0.330 e. The minimum atomic E-state index is -4.32. The maximum atomic E-state index is 12.2. The number of carbonyl (C=O) groups excluding carboxylic acids is 1. The summed E-state index contributed by atoms with van der Waals surface area (Å²) >= 11 is 2.90. The van der Waals surface area contributed by atoms with Gasteiger partial charge in [0.25, 0.3) is 0 Å². The van der Waals surface area contributed by atoms with E-state index in [1.807, 2.05) is 0 Å². The molecule has 0 heterocycles. The van der Waals surface area contributed by atoms with Crippen molar-refractivity contribution >= 4 is 21.8 Å². The van der Waals surface area contributed by atoms with Crippen molar-refractivity contribution < 1.29 is 18.0 Å². The van der Waals surface area contributed by atoms with Crippen molar-refractivity contribution in [1.82, 2.24) is 4.90 Å². The molecule has 0 aliphatic heterocycles. The van der Waals surface area contributed by atoms with Gasteiger partial charge in [-0.05, 0) is 25.7 Å². The second-order valence-electron chi connectivity index (χ2n) is 3.85. The van der Waals surface area contributed by atoms with Gasteiger partial charge in [0.1, 0.15) is 6.54 Å². The molecule has 1 rings (SSSR count). The first kappa shape index (κ1) is 12.8. The van der Waals surface area contributed by atoms with Gasteiger partial charge in [-0.15, -0.1) is 0 Å². The molecule has 0 radical (unpaired) electrons. The molecule has 0 aromatic heterocycles. The van der Waals surface area contributed by atoms with Gasteiger partial charge in [-0.1, -0.05) is 15.9 Å². The highest BCUT2D eigenvalue weighted by Gasteiger charge is 2.39. The van der Waals surface area contributed by atoms with Crippen LogP contribution in [0, 0.1) is 5.92 Å². The van der Waals surface area contributed by atoms with Crippen molar-refractivity contribution in [3.63, 3.8) is 0 Å². The number of nitrogens with zero attached hydrogens (tertiary/aromatic N) is 1. The molecule has 1 aliphatic rings. The average molecular weight is 288 g/mol. The van der Waals surface area contributed by atoms with E-state index < -0.39 is 18.6 Å². The number of hydrogen-bond acceptors (Lipinski definition) is 1. The van der Waals surface area contributed by atoms with Gasteiger partial charge in [0.05, 0.1) is 5.33 Å². The van der Waals surface area contributed by atoms with Crippen LogP contribution in [0.25, 0.3) is 0 Å². The van der Waals surface area contributed by atoms with Crippen molar-refractivity contribution in [2.75, 3.05) is 11.9 Å². The van der Waals surface area contributed by atoms with Gasteiger partial charge in [0, 0.05) is 6.04 Å². The van der Waals surface area contributed by atoms with E-state index in [9.17, 15) is 18.0 Å². The number of carbonyl (C=O) groups is 1. The number of alkyl halides is 4. The molecule has 0 spiro atoms. The van der Waals surface area contributed by atoms with Crippen molar-refractivity contribution in [3.05, 3.63) is 0 Å². The molecule has 0 saturated heterocycles. The van der Waals surface area contributed by atoms with Crippen molar-refractivity contribution in [2.24, 2.45) is 5.92 Å². The maximum Gasteiger partial charge on any atom is 0.406 e. The summed E-state index contributed by atoms with van der Waals surface area (Å²) in [5, 5.41) is -0.0554. The summed E-state index contributed by atoms with van der Waals surface area (Å²) in [5.41, 5.74) is 0. The monoisotopic (exact) mass is 287 g/mol. The molecule has 15 heavy (non-hydrogen) atoms. The molecule has 88 valence electrons. The highest BCUT2D eigenvalue weighted by Crippen LogP contribution is 2.36. The van der Waals surface area contributed by atoms with Crippen molar-refractivity contribution in [2.45, 2.75) is 32.0 Å². The molecule has 1 aliphatic carbocycles. The Morgan fingerprint density at radius 2 is 2.07 bits per heavy atom. The van der Waals surface area contributed by atoms with Crippen LogP contribution in [-0.4, -0.2) is 34.9 Å².